The van der Waals surface area contributed by atoms with E-state index in [0.717, 1.165) is 42.6 Å². The van der Waals surface area contributed by atoms with Gasteiger partial charge in [0.05, 0.1) is 5.60 Å². The highest BCUT2D eigenvalue weighted by molar-refractivity contribution is 7.03. The average molecular weight is 358 g/mol. The summed E-state index contributed by atoms with van der Waals surface area (Å²) in [5.41, 5.74) is 2.03. The second-order valence-electron chi connectivity index (χ2n) is 7.04. The Balaban J connectivity index is 1.39. The third-order valence-corrected chi connectivity index (χ3v) is 6.01. The van der Waals surface area contributed by atoms with Crippen molar-refractivity contribution < 1.29 is 9.90 Å². The van der Waals surface area contributed by atoms with Crippen LogP contribution in [0.5, 0.6) is 0 Å². The Kier molecular flexibility index (Phi) is 4.43. The molecular formula is C18H22N4O2S. The van der Waals surface area contributed by atoms with Crippen molar-refractivity contribution in [2.24, 2.45) is 5.92 Å². The molecule has 2 aromatic rings. The first-order valence-corrected chi connectivity index (χ1v) is 9.63. The number of carbonyl (C=O) groups excluding carboxylic acids is 1. The van der Waals surface area contributed by atoms with E-state index in [1.54, 1.807) is 0 Å². The van der Waals surface area contributed by atoms with Gasteiger partial charge in [-0.1, -0.05) is 29.5 Å². The van der Waals surface area contributed by atoms with E-state index in [9.17, 15) is 9.90 Å². The largest absolute Gasteiger partial charge is 0.389 e. The Labute approximate surface area is 151 Å². The number of anilines is 1. The van der Waals surface area contributed by atoms with E-state index in [-0.39, 0.29) is 11.9 Å². The molecule has 0 radical (unpaired) electrons. The number of aliphatic hydroxyl groups is 1. The molecule has 2 atom stereocenters. The van der Waals surface area contributed by atoms with E-state index in [2.05, 4.69) is 14.9 Å². The monoisotopic (exact) mass is 358 g/mol. The fourth-order valence-corrected chi connectivity index (χ4v) is 4.44. The Morgan fingerprint density at radius 1 is 1.28 bits per heavy atom. The van der Waals surface area contributed by atoms with Crippen LogP contribution in [0.25, 0.3) is 11.3 Å². The SMILES string of the molecule is O=C(Nc1ccc(-c2csnn2)cc1)N1CC[C@@]2(O)CCCC[C@@H]2C1. The molecule has 6 nitrogen and oxygen atoms in total. The van der Waals surface area contributed by atoms with Gasteiger partial charge in [-0.2, -0.15) is 0 Å². The van der Waals surface area contributed by atoms with Gasteiger partial charge in [0.15, 0.2) is 0 Å². The number of carbonyl (C=O) groups is 1. The maximum atomic E-state index is 12.6. The number of hydrogen-bond donors (Lipinski definition) is 2. The zero-order valence-electron chi connectivity index (χ0n) is 14.0. The molecule has 1 aromatic carbocycles. The van der Waals surface area contributed by atoms with Gasteiger partial charge < -0.3 is 15.3 Å². The highest BCUT2D eigenvalue weighted by Gasteiger charge is 2.43. The smallest absolute Gasteiger partial charge is 0.321 e. The zero-order chi connectivity index (χ0) is 17.3. The van der Waals surface area contributed by atoms with Gasteiger partial charge in [0.1, 0.15) is 5.69 Å². The summed E-state index contributed by atoms with van der Waals surface area (Å²) >= 11 is 1.32. The summed E-state index contributed by atoms with van der Waals surface area (Å²) in [7, 11) is 0. The van der Waals surface area contributed by atoms with Crippen molar-refractivity contribution in [3.05, 3.63) is 29.6 Å². The minimum absolute atomic E-state index is 0.0873. The molecule has 2 heterocycles. The molecule has 7 heteroatoms. The van der Waals surface area contributed by atoms with Crippen LogP contribution in [0.4, 0.5) is 10.5 Å². The standard InChI is InChI=1S/C18H22N4O2S/c23-17(22-10-9-18(24)8-2-1-3-14(18)11-22)19-15-6-4-13(5-7-15)16-12-25-21-20-16/h4-7,12,14,24H,1-3,8-11H2,(H,19,23)/t14-,18+/m1/s1. The summed E-state index contributed by atoms with van der Waals surface area (Å²) in [4.78, 5) is 14.4. The van der Waals surface area contributed by atoms with E-state index < -0.39 is 5.60 Å². The third-order valence-electron chi connectivity index (χ3n) is 5.51. The molecule has 2 fully saturated rings. The van der Waals surface area contributed by atoms with Crippen LogP contribution in [0.1, 0.15) is 32.1 Å². The van der Waals surface area contributed by atoms with Crippen molar-refractivity contribution in [1.82, 2.24) is 14.5 Å². The van der Waals surface area contributed by atoms with Crippen LogP contribution in [0.2, 0.25) is 0 Å². The van der Waals surface area contributed by atoms with Crippen molar-refractivity contribution in [2.45, 2.75) is 37.7 Å². The van der Waals surface area contributed by atoms with Gasteiger partial charge in [0, 0.05) is 35.6 Å². The lowest BCUT2D eigenvalue weighted by Gasteiger charge is -2.47. The first-order chi connectivity index (χ1) is 12.1. The minimum atomic E-state index is -0.557. The van der Waals surface area contributed by atoms with Crippen LogP contribution in [0, 0.1) is 5.92 Å². The molecule has 1 aliphatic carbocycles. The van der Waals surface area contributed by atoms with E-state index >= 15 is 0 Å². The van der Waals surface area contributed by atoms with Gasteiger partial charge in [-0.25, -0.2) is 4.79 Å². The van der Waals surface area contributed by atoms with Crippen LogP contribution in [0.3, 0.4) is 0 Å². The highest BCUT2D eigenvalue weighted by Crippen LogP contribution is 2.39. The molecule has 132 valence electrons. The Hall–Kier alpha value is -1.99. The fourth-order valence-electron chi connectivity index (χ4n) is 3.97. The minimum Gasteiger partial charge on any atom is -0.389 e. The maximum absolute atomic E-state index is 12.6. The first-order valence-electron chi connectivity index (χ1n) is 8.80. The number of benzene rings is 1. The number of aromatic nitrogens is 2. The Morgan fingerprint density at radius 3 is 2.88 bits per heavy atom. The first kappa shape index (κ1) is 16.5. The van der Waals surface area contributed by atoms with E-state index in [0.29, 0.717) is 19.5 Å². The molecule has 1 saturated carbocycles. The number of fused-ring (bicyclic) bond motifs is 1. The molecule has 1 aromatic heterocycles. The van der Waals surface area contributed by atoms with Crippen LogP contribution >= 0.6 is 11.5 Å². The number of urea groups is 1. The lowest BCUT2D eigenvalue weighted by molar-refractivity contribution is -0.0863. The van der Waals surface area contributed by atoms with E-state index in [4.69, 9.17) is 0 Å². The fraction of sp³-hybridized carbons (Fsp3) is 0.500. The molecule has 4 rings (SSSR count). The lowest BCUT2D eigenvalue weighted by atomic mass is 9.71. The molecule has 0 unspecified atom stereocenters. The number of piperidine rings is 1. The van der Waals surface area contributed by atoms with Gasteiger partial charge in [-0.15, -0.1) is 5.10 Å². The topological polar surface area (TPSA) is 78.4 Å². The average Bonchev–Trinajstić information content (AvgIpc) is 3.16. The predicted octanol–water partition coefficient (Wildman–Crippen LogP) is 3.36. The van der Waals surface area contributed by atoms with Crippen molar-refractivity contribution in [3.63, 3.8) is 0 Å². The Bertz CT molecular complexity index is 734. The molecule has 2 aliphatic rings. The van der Waals surface area contributed by atoms with E-state index in [1.807, 2.05) is 34.5 Å². The highest BCUT2D eigenvalue weighted by atomic mass is 32.1. The zero-order valence-corrected chi connectivity index (χ0v) is 14.8. The molecule has 2 N–H and O–H groups in total. The van der Waals surface area contributed by atoms with Crippen molar-refractivity contribution in [3.8, 4) is 11.3 Å². The number of nitrogens with zero attached hydrogens (tertiary/aromatic N) is 3. The summed E-state index contributed by atoms with van der Waals surface area (Å²) in [5, 5.41) is 19.6. The molecule has 0 spiro atoms. The maximum Gasteiger partial charge on any atom is 0.321 e. The molecule has 25 heavy (non-hydrogen) atoms. The van der Waals surface area contributed by atoms with Gasteiger partial charge in [-0.3, -0.25) is 0 Å². The van der Waals surface area contributed by atoms with Gasteiger partial charge in [0.25, 0.3) is 0 Å². The van der Waals surface area contributed by atoms with Gasteiger partial charge in [-0.05, 0) is 42.9 Å². The van der Waals surface area contributed by atoms with Crippen LogP contribution < -0.4 is 5.32 Å². The molecule has 0 bridgehead atoms. The quantitative estimate of drug-likeness (QED) is 0.863. The lowest BCUT2D eigenvalue weighted by Crippen LogP contribution is -2.55. The second-order valence-corrected chi connectivity index (χ2v) is 7.65. The number of hydrogen-bond acceptors (Lipinski definition) is 5. The van der Waals surface area contributed by atoms with Crippen molar-refractivity contribution in [2.75, 3.05) is 18.4 Å². The van der Waals surface area contributed by atoms with E-state index in [1.165, 1.54) is 11.5 Å². The van der Waals surface area contributed by atoms with Crippen LogP contribution in [-0.4, -0.2) is 44.3 Å². The number of likely N-dealkylation sites (tertiary alicyclic amines) is 1. The molecule has 2 amide bonds. The summed E-state index contributed by atoms with van der Waals surface area (Å²) < 4.78 is 3.86. The summed E-state index contributed by atoms with van der Waals surface area (Å²) in [6.07, 6.45) is 4.81. The third kappa shape index (κ3) is 3.39. The van der Waals surface area contributed by atoms with Gasteiger partial charge in [0.2, 0.25) is 0 Å². The molecule has 1 aliphatic heterocycles. The van der Waals surface area contributed by atoms with Crippen molar-refractivity contribution >= 4 is 23.3 Å². The summed E-state index contributed by atoms with van der Waals surface area (Å²) in [5.74, 6) is 0.209. The van der Waals surface area contributed by atoms with Crippen LogP contribution in [0.15, 0.2) is 29.6 Å². The summed E-state index contributed by atoms with van der Waals surface area (Å²) in [6, 6.07) is 7.54. The predicted molar refractivity (Wildman–Crippen MR) is 97.5 cm³/mol. The van der Waals surface area contributed by atoms with Crippen molar-refractivity contribution in [1.29, 1.82) is 0 Å². The van der Waals surface area contributed by atoms with Crippen LogP contribution in [-0.2, 0) is 0 Å². The normalized spacial score (nSPS) is 26.1. The molecular weight excluding hydrogens is 336 g/mol. The summed E-state index contributed by atoms with van der Waals surface area (Å²) in [6.45, 7) is 1.26. The number of nitrogens with one attached hydrogen (secondary N) is 1. The number of amides is 2. The second kappa shape index (κ2) is 6.72. The molecule has 1 saturated heterocycles. The number of rotatable bonds is 2. The van der Waals surface area contributed by atoms with Gasteiger partial charge >= 0.3 is 6.03 Å². The Morgan fingerprint density at radius 2 is 2.12 bits per heavy atom.